The fourth-order valence-corrected chi connectivity index (χ4v) is 1.98. The number of aromatic carboxylic acids is 1. The first-order valence-electron chi connectivity index (χ1n) is 5.86. The molecule has 3 aromatic rings. The zero-order valence-electron chi connectivity index (χ0n) is 10.6. The maximum Gasteiger partial charge on any atom is 0.354 e. The number of carboxylic acids is 1. The molecule has 0 saturated heterocycles. The van der Waals surface area contributed by atoms with Gasteiger partial charge in [0, 0.05) is 18.0 Å². The Bertz CT molecular complexity index is 805. The summed E-state index contributed by atoms with van der Waals surface area (Å²) in [4.78, 5) is 19.2. The van der Waals surface area contributed by atoms with Gasteiger partial charge in [0.1, 0.15) is 5.69 Å². The molecule has 7 heteroatoms. The molecule has 3 N–H and O–H groups in total. The lowest BCUT2D eigenvalue weighted by molar-refractivity contribution is 0.0691. The number of pyridine rings is 1. The fraction of sp³-hybridized carbons (Fsp3) is 0.0769. The van der Waals surface area contributed by atoms with Crippen LogP contribution in [0.25, 0.3) is 22.3 Å². The molecule has 0 spiro atoms. The van der Waals surface area contributed by atoms with E-state index in [1.807, 2.05) is 6.07 Å². The van der Waals surface area contributed by atoms with Crippen molar-refractivity contribution in [1.82, 2.24) is 19.7 Å². The van der Waals surface area contributed by atoms with Gasteiger partial charge in [-0.05, 0) is 18.2 Å². The number of nitrogens with zero attached hydrogens (tertiary/aromatic N) is 4. The summed E-state index contributed by atoms with van der Waals surface area (Å²) in [5.41, 5.74) is 7.03. The van der Waals surface area contributed by atoms with Gasteiger partial charge < -0.3 is 10.8 Å². The van der Waals surface area contributed by atoms with Gasteiger partial charge in [-0.1, -0.05) is 12.1 Å². The molecular formula is C13H11N5O2. The van der Waals surface area contributed by atoms with Gasteiger partial charge in [0.15, 0.2) is 5.82 Å². The van der Waals surface area contributed by atoms with E-state index < -0.39 is 5.97 Å². The standard InChI is InChI=1S/C13H11N5O2/c1-18-13(14)16-11(17-18)8-3-2-4-9-7(8)5-6-10(15-9)12(19)20/h2-6H,1H3,(H,19,20)(H2,14,16,17). The molecule has 0 aliphatic heterocycles. The quantitative estimate of drug-likeness (QED) is 0.726. The minimum absolute atomic E-state index is 0.00291. The SMILES string of the molecule is Cn1nc(-c2cccc3nc(C(=O)O)ccc23)nc1N. The van der Waals surface area contributed by atoms with Crippen LogP contribution in [0.3, 0.4) is 0 Å². The van der Waals surface area contributed by atoms with Crippen molar-refractivity contribution in [2.24, 2.45) is 7.05 Å². The summed E-state index contributed by atoms with van der Waals surface area (Å²) in [5, 5.41) is 14.0. The van der Waals surface area contributed by atoms with E-state index in [-0.39, 0.29) is 5.69 Å². The third-order valence-electron chi connectivity index (χ3n) is 2.99. The number of aryl methyl sites for hydroxylation is 1. The first kappa shape index (κ1) is 12.1. The number of anilines is 1. The van der Waals surface area contributed by atoms with Gasteiger partial charge in [-0.2, -0.15) is 4.98 Å². The molecule has 100 valence electrons. The Hall–Kier alpha value is -2.96. The van der Waals surface area contributed by atoms with E-state index in [1.54, 1.807) is 25.2 Å². The minimum atomic E-state index is -1.06. The molecule has 0 fully saturated rings. The molecule has 0 amide bonds. The molecule has 0 radical (unpaired) electrons. The van der Waals surface area contributed by atoms with E-state index in [0.29, 0.717) is 17.3 Å². The molecule has 7 nitrogen and oxygen atoms in total. The number of nitrogens with two attached hydrogens (primary N) is 1. The molecule has 0 aliphatic carbocycles. The van der Waals surface area contributed by atoms with Crippen molar-refractivity contribution >= 4 is 22.8 Å². The van der Waals surface area contributed by atoms with Gasteiger partial charge in [-0.25, -0.2) is 14.5 Å². The Morgan fingerprint density at radius 1 is 1.25 bits per heavy atom. The lowest BCUT2D eigenvalue weighted by Gasteiger charge is -2.03. The fourth-order valence-electron chi connectivity index (χ4n) is 1.98. The Morgan fingerprint density at radius 3 is 2.70 bits per heavy atom. The molecular weight excluding hydrogens is 258 g/mol. The topological polar surface area (TPSA) is 107 Å². The Labute approximate surface area is 113 Å². The lowest BCUT2D eigenvalue weighted by atomic mass is 10.1. The summed E-state index contributed by atoms with van der Waals surface area (Å²) in [6.07, 6.45) is 0. The number of benzene rings is 1. The van der Waals surface area contributed by atoms with Crippen molar-refractivity contribution in [3.8, 4) is 11.4 Å². The molecule has 0 bridgehead atoms. The van der Waals surface area contributed by atoms with Gasteiger partial charge in [0.25, 0.3) is 0 Å². The Morgan fingerprint density at radius 2 is 2.05 bits per heavy atom. The third kappa shape index (κ3) is 1.85. The van der Waals surface area contributed by atoms with Crippen LogP contribution in [0.2, 0.25) is 0 Å². The highest BCUT2D eigenvalue weighted by Crippen LogP contribution is 2.26. The average Bonchev–Trinajstić information content (AvgIpc) is 2.77. The highest BCUT2D eigenvalue weighted by Gasteiger charge is 2.12. The van der Waals surface area contributed by atoms with Crippen molar-refractivity contribution in [2.75, 3.05) is 5.73 Å². The van der Waals surface area contributed by atoms with E-state index >= 15 is 0 Å². The Balaban J connectivity index is 2.24. The largest absolute Gasteiger partial charge is 0.477 e. The number of rotatable bonds is 2. The predicted molar refractivity (Wildman–Crippen MR) is 73.1 cm³/mol. The van der Waals surface area contributed by atoms with E-state index in [4.69, 9.17) is 10.8 Å². The lowest BCUT2D eigenvalue weighted by Crippen LogP contribution is -2.00. The molecule has 0 atom stereocenters. The second-order valence-electron chi connectivity index (χ2n) is 4.29. The number of carboxylic acid groups (broad SMARTS) is 1. The molecule has 3 rings (SSSR count). The van der Waals surface area contributed by atoms with Crippen LogP contribution >= 0.6 is 0 Å². The molecule has 20 heavy (non-hydrogen) atoms. The summed E-state index contributed by atoms with van der Waals surface area (Å²) in [6, 6.07) is 8.54. The van der Waals surface area contributed by atoms with E-state index in [1.165, 1.54) is 10.7 Å². The van der Waals surface area contributed by atoms with Gasteiger partial charge in [0.2, 0.25) is 5.95 Å². The van der Waals surface area contributed by atoms with E-state index in [0.717, 1.165) is 10.9 Å². The maximum absolute atomic E-state index is 10.9. The van der Waals surface area contributed by atoms with Crippen LogP contribution < -0.4 is 5.73 Å². The zero-order chi connectivity index (χ0) is 14.3. The molecule has 1 aromatic carbocycles. The highest BCUT2D eigenvalue weighted by atomic mass is 16.4. The number of carbonyl (C=O) groups is 1. The van der Waals surface area contributed by atoms with Crippen LogP contribution in [0.1, 0.15) is 10.5 Å². The van der Waals surface area contributed by atoms with Gasteiger partial charge in [0.05, 0.1) is 5.52 Å². The smallest absolute Gasteiger partial charge is 0.354 e. The van der Waals surface area contributed by atoms with Gasteiger partial charge in [-0.3, -0.25) is 0 Å². The molecule has 2 aromatic heterocycles. The first-order chi connectivity index (χ1) is 9.56. The van der Waals surface area contributed by atoms with Crippen molar-refractivity contribution in [1.29, 1.82) is 0 Å². The summed E-state index contributed by atoms with van der Waals surface area (Å²) in [5.74, 6) is -0.259. The molecule has 2 heterocycles. The average molecular weight is 269 g/mol. The van der Waals surface area contributed by atoms with Crippen molar-refractivity contribution in [2.45, 2.75) is 0 Å². The first-order valence-corrected chi connectivity index (χ1v) is 5.86. The van der Waals surface area contributed by atoms with Gasteiger partial charge in [-0.15, -0.1) is 5.10 Å². The number of hydrogen-bond acceptors (Lipinski definition) is 5. The highest BCUT2D eigenvalue weighted by molar-refractivity contribution is 5.96. The van der Waals surface area contributed by atoms with Crippen LogP contribution in [-0.4, -0.2) is 30.8 Å². The summed E-state index contributed by atoms with van der Waals surface area (Å²) >= 11 is 0. The summed E-state index contributed by atoms with van der Waals surface area (Å²) < 4.78 is 1.48. The van der Waals surface area contributed by atoms with Crippen molar-refractivity contribution < 1.29 is 9.90 Å². The van der Waals surface area contributed by atoms with Crippen LogP contribution in [0.4, 0.5) is 5.95 Å². The number of nitrogen functional groups attached to an aromatic ring is 1. The Kier molecular flexibility index (Phi) is 2.60. The van der Waals surface area contributed by atoms with Crippen LogP contribution in [0.15, 0.2) is 30.3 Å². The van der Waals surface area contributed by atoms with E-state index in [2.05, 4.69) is 15.1 Å². The summed E-state index contributed by atoms with van der Waals surface area (Å²) in [7, 11) is 1.71. The van der Waals surface area contributed by atoms with Crippen LogP contribution in [0, 0.1) is 0 Å². The zero-order valence-corrected chi connectivity index (χ0v) is 10.6. The predicted octanol–water partition coefficient (Wildman–Crippen LogP) is 1.31. The van der Waals surface area contributed by atoms with E-state index in [9.17, 15) is 4.79 Å². The number of hydrogen-bond donors (Lipinski definition) is 2. The molecule has 0 aliphatic rings. The number of fused-ring (bicyclic) bond motifs is 1. The van der Waals surface area contributed by atoms with Gasteiger partial charge >= 0.3 is 5.97 Å². The second-order valence-corrected chi connectivity index (χ2v) is 4.29. The monoisotopic (exact) mass is 269 g/mol. The number of aromatic nitrogens is 4. The van der Waals surface area contributed by atoms with Crippen LogP contribution in [-0.2, 0) is 7.05 Å². The summed E-state index contributed by atoms with van der Waals surface area (Å²) in [6.45, 7) is 0. The van der Waals surface area contributed by atoms with Crippen LogP contribution in [0.5, 0.6) is 0 Å². The second kappa shape index (κ2) is 4.30. The van der Waals surface area contributed by atoms with Crippen molar-refractivity contribution in [3.05, 3.63) is 36.0 Å². The molecule has 0 unspecified atom stereocenters. The molecule has 0 saturated carbocycles. The minimum Gasteiger partial charge on any atom is -0.477 e. The van der Waals surface area contributed by atoms with Crippen molar-refractivity contribution in [3.63, 3.8) is 0 Å². The normalized spacial score (nSPS) is 10.8. The third-order valence-corrected chi connectivity index (χ3v) is 2.99. The maximum atomic E-state index is 10.9.